The number of hydrogen-bond acceptors (Lipinski definition) is 3. The number of halogens is 1. The third-order valence-corrected chi connectivity index (χ3v) is 3.79. The highest BCUT2D eigenvalue weighted by molar-refractivity contribution is 9.10. The predicted molar refractivity (Wildman–Crippen MR) is 86.4 cm³/mol. The average Bonchev–Trinajstić information content (AvgIpc) is 2.48. The van der Waals surface area contributed by atoms with Crippen molar-refractivity contribution in [1.82, 2.24) is 14.8 Å². The van der Waals surface area contributed by atoms with Crippen LogP contribution in [0.3, 0.4) is 0 Å². The second kappa shape index (κ2) is 8.12. The van der Waals surface area contributed by atoms with Crippen molar-refractivity contribution in [3.63, 3.8) is 0 Å². The molecule has 1 aromatic heterocycles. The molecule has 0 unspecified atom stereocenters. The van der Waals surface area contributed by atoms with Gasteiger partial charge in [-0.3, -0.25) is 9.59 Å². The van der Waals surface area contributed by atoms with Gasteiger partial charge in [0.15, 0.2) is 0 Å². The molecule has 1 rings (SSSR count). The molecule has 116 valence electrons. The van der Waals surface area contributed by atoms with Gasteiger partial charge in [0.1, 0.15) is 11.4 Å². The van der Waals surface area contributed by atoms with Crippen LogP contribution in [-0.4, -0.2) is 52.8 Å². The average molecular weight is 356 g/mol. The second-order valence-electron chi connectivity index (χ2n) is 4.51. The fourth-order valence-corrected chi connectivity index (χ4v) is 2.50. The Bertz CT molecular complexity index is 469. The highest BCUT2D eigenvalue weighted by Gasteiger charge is 2.20. The number of hydrogen-bond donors (Lipinski definition) is 0. The molecule has 2 amide bonds. The van der Waals surface area contributed by atoms with Crippen molar-refractivity contribution in [2.75, 3.05) is 26.2 Å². The first-order valence-electron chi connectivity index (χ1n) is 7.24. The van der Waals surface area contributed by atoms with E-state index in [-0.39, 0.29) is 11.8 Å². The van der Waals surface area contributed by atoms with Gasteiger partial charge in [0, 0.05) is 30.7 Å². The number of rotatable bonds is 6. The maximum Gasteiger partial charge on any atom is 0.272 e. The topological polar surface area (TPSA) is 53.5 Å². The Morgan fingerprint density at radius 2 is 1.24 bits per heavy atom. The molecule has 0 saturated heterocycles. The summed E-state index contributed by atoms with van der Waals surface area (Å²) in [5.74, 6) is -0.315. The van der Waals surface area contributed by atoms with Crippen LogP contribution in [0.4, 0.5) is 0 Å². The Morgan fingerprint density at radius 1 is 0.905 bits per heavy atom. The first kappa shape index (κ1) is 17.6. The maximum absolute atomic E-state index is 12.4. The molecule has 6 heteroatoms. The van der Waals surface area contributed by atoms with E-state index in [2.05, 4.69) is 20.9 Å². The summed E-state index contributed by atoms with van der Waals surface area (Å²) in [7, 11) is 0. The molecule has 21 heavy (non-hydrogen) atoms. The largest absolute Gasteiger partial charge is 0.338 e. The zero-order valence-electron chi connectivity index (χ0n) is 13.0. The molecule has 1 heterocycles. The zero-order valence-corrected chi connectivity index (χ0v) is 14.6. The number of aromatic nitrogens is 1. The van der Waals surface area contributed by atoms with Crippen LogP contribution in [0, 0.1) is 0 Å². The van der Waals surface area contributed by atoms with E-state index in [1.54, 1.807) is 21.9 Å². The summed E-state index contributed by atoms with van der Waals surface area (Å²) in [4.78, 5) is 32.3. The summed E-state index contributed by atoms with van der Waals surface area (Å²) in [5.41, 5.74) is 0.590. The minimum atomic E-state index is -0.158. The molecule has 0 radical (unpaired) electrons. The third kappa shape index (κ3) is 4.27. The van der Waals surface area contributed by atoms with Crippen LogP contribution in [0.15, 0.2) is 16.6 Å². The Hall–Kier alpha value is -1.43. The van der Waals surface area contributed by atoms with E-state index in [0.29, 0.717) is 42.0 Å². The zero-order chi connectivity index (χ0) is 16.0. The van der Waals surface area contributed by atoms with Crippen molar-refractivity contribution in [3.8, 4) is 0 Å². The van der Waals surface area contributed by atoms with Crippen molar-refractivity contribution < 1.29 is 9.59 Å². The monoisotopic (exact) mass is 355 g/mol. The van der Waals surface area contributed by atoms with Crippen LogP contribution in [0.5, 0.6) is 0 Å². The number of amides is 2. The van der Waals surface area contributed by atoms with Crippen molar-refractivity contribution in [2.24, 2.45) is 0 Å². The fourth-order valence-electron chi connectivity index (χ4n) is 2.06. The number of carbonyl (C=O) groups is 2. The first-order valence-corrected chi connectivity index (χ1v) is 8.03. The van der Waals surface area contributed by atoms with Gasteiger partial charge in [-0.15, -0.1) is 0 Å². The molecule has 1 aromatic rings. The Balaban J connectivity index is 3.16. The van der Waals surface area contributed by atoms with E-state index in [1.165, 1.54) is 0 Å². The van der Waals surface area contributed by atoms with Crippen LogP contribution < -0.4 is 0 Å². The van der Waals surface area contributed by atoms with Crippen LogP contribution in [-0.2, 0) is 0 Å². The van der Waals surface area contributed by atoms with Crippen LogP contribution in [0.25, 0.3) is 0 Å². The van der Waals surface area contributed by atoms with Gasteiger partial charge >= 0.3 is 0 Å². The molecule has 0 saturated carbocycles. The molecular weight excluding hydrogens is 334 g/mol. The smallest absolute Gasteiger partial charge is 0.272 e. The molecule has 0 aliphatic rings. The van der Waals surface area contributed by atoms with Crippen LogP contribution in [0.2, 0.25) is 0 Å². The van der Waals surface area contributed by atoms with E-state index in [4.69, 9.17) is 0 Å². The quantitative estimate of drug-likeness (QED) is 0.788. The van der Waals surface area contributed by atoms with Crippen molar-refractivity contribution in [2.45, 2.75) is 27.7 Å². The van der Waals surface area contributed by atoms with Gasteiger partial charge in [0.2, 0.25) is 0 Å². The molecule has 5 nitrogen and oxygen atoms in total. The molecule has 0 bridgehead atoms. The summed E-state index contributed by atoms with van der Waals surface area (Å²) < 4.78 is 0.684. The Morgan fingerprint density at radius 3 is 1.52 bits per heavy atom. The molecular formula is C15H22BrN3O2. The SMILES string of the molecule is CCN(CC)C(=O)c1cc(Br)cc(C(=O)N(CC)CC)n1. The Kier molecular flexibility index (Phi) is 6.81. The number of carbonyl (C=O) groups excluding carboxylic acids is 2. The summed E-state index contributed by atoms with van der Waals surface area (Å²) in [5, 5.41) is 0. The fraction of sp³-hybridized carbons (Fsp3) is 0.533. The lowest BCUT2D eigenvalue weighted by Crippen LogP contribution is -2.33. The van der Waals surface area contributed by atoms with E-state index < -0.39 is 0 Å². The summed E-state index contributed by atoms with van der Waals surface area (Å²) in [6, 6.07) is 3.30. The summed E-state index contributed by atoms with van der Waals surface area (Å²) >= 11 is 3.35. The molecule has 0 aromatic carbocycles. The van der Waals surface area contributed by atoms with Crippen molar-refractivity contribution >= 4 is 27.7 Å². The van der Waals surface area contributed by atoms with E-state index >= 15 is 0 Å². The van der Waals surface area contributed by atoms with E-state index in [9.17, 15) is 9.59 Å². The summed E-state index contributed by atoms with van der Waals surface area (Å²) in [6.07, 6.45) is 0. The molecule has 0 fully saturated rings. The lowest BCUT2D eigenvalue weighted by Gasteiger charge is -2.20. The summed E-state index contributed by atoms with van der Waals surface area (Å²) in [6.45, 7) is 10.1. The van der Waals surface area contributed by atoms with Gasteiger partial charge < -0.3 is 9.80 Å². The molecule has 0 N–H and O–H groups in total. The second-order valence-corrected chi connectivity index (χ2v) is 5.43. The van der Waals surface area contributed by atoms with Gasteiger partial charge in [-0.25, -0.2) is 4.98 Å². The lowest BCUT2D eigenvalue weighted by atomic mass is 10.2. The number of nitrogens with zero attached hydrogens (tertiary/aromatic N) is 3. The maximum atomic E-state index is 12.4. The highest BCUT2D eigenvalue weighted by Crippen LogP contribution is 2.16. The third-order valence-electron chi connectivity index (χ3n) is 3.33. The van der Waals surface area contributed by atoms with Gasteiger partial charge in [0.05, 0.1) is 0 Å². The molecule has 0 aliphatic heterocycles. The molecule has 0 spiro atoms. The molecule has 0 atom stereocenters. The van der Waals surface area contributed by atoms with E-state index in [1.807, 2.05) is 27.7 Å². The standard InChI is InChI=1S/C15H22BrN3O2/c1-5-18(6-2)14(20)12-9-11(16)10-13(17-12)15(21)19(7-3)8-4/h9-10H,5-8H2,1-4H3. The minimum Gasteiger partial charge on any atom is -0.338 e. The van der Waals surface area contributed by atoms with Crippen molar-refractivity contribution in [1.29, 1.82) is 0 Å². The van der Waals surface area contributed by atoms with Gasteiger partial charge in [-0.05, 0) is 39.8 Å². The van der Waals surface area contributed by atoms with Gasteiger partial charge in [-0.2, -0.15) is 0 Å². The van der Waals surface area contributed by atoms with Crippen LogP contribution >= 0.6 is 15.9 Å². The van der Waals surface area contributed by atoms with Crippen molar-refractivity contribution in [3.05, 3.63) is 28.0 Å². The Labute approximate surface area is 134 Å². The number of pyridine rings is 1. The minimum absolute atomic E-state index is 0.158. The van der Waals surface area contributed by atoms with Crippen LogP contribution in [0.1, 0.15) is 48.7 Å². The highest BCUT2D eigenvalue weighted by atomic mass is 79.9. The normalized spacial score (nSPS) is 10.3. The van der Waals surface area contributed by atoms with Gasteiger partial charge in [0.25, 0.3) is 11.8 Å². The molecule has 0 aliphatic carbocycles. The van der Waals surface area contributed by atoms with Gasteiger partial charge in [-0.1, -0.05) is 15.9 Å². The lowest BCUT2D eigenvalue weighted by molar-refractivity contribution is 0.0760. The van der Waals surface area contributed by atoms with E-state index in [0.717, 1.165) is 0 Å². The first-order chi connectivity index (χ1) is 9.98. The predicted octanol–water partition coefficient (Wildman–Crippen LogP) is 2.81.